The first-order valence-electron chi connectivity index (χ1n) is 9.12. The molecular formula is C22H20N2O4. The van der Waals surface area contributed by atoms with Gasteiger partial charge in [0.25, 0.3) is 11.4 Å². The predicted molar refractivity (Wildman–Crippen MR) is 109 cm³/mol. The number of hydrogen-bond donors (Lipinski definition) is 0. The van der Waals surface area contributed by atoms with Gasteiger partial charge in [-0.2, -0.15) is 0 Å². The summed E-state index contributed by atoms with van der Waals surface area (Å²) in [4.78, 5) is 20.9. The summed E-state index contributed by atoms with van der Waals surface area (Å²) in [5.41, 5.74) is 5.19. The molecule has 3 aromatic rings. The highest BCUT2D eigenvalue weighted by atomic mass is 16.6. The molecule has 0 N–H and O–H groups in total. The lowest BCUT2D eigenvalue weighted by Crippen LogP contribution is -1.93. The fourth-order valence-electron chi connectivity index (χ4n) is 3.17. The molecule has 0 atom stereocenters. The van der Waals surface area contributed by atoms with E-state index in [1.54, 1.807) is 24.3 Å². The van der Waals surface area contributed by atoms with Crippen molar-refractivity contribution in [2.45, 2.75) is 26.2 Å². The van der Waals surface area contributed by atoms with Gasteiger partial charge in [-0.3, -0.25) is 20.2 Å². The molecular weight excluding hydrogens is 356 g/mol. The van der Waals surface area contributed by atoms with Crippen LogP contribution < -0.4 is 0 Å². The summed E-state index contributed by atoms with van der Waals surface area (Å²) in [6.45, 7) is 2.13. The van der Waals surface area contributed by atoms with E-state index >= 15 is 0 Å². The molecule has 0 aliphatic rings. The van der Waals surface area contributed by atoms with Crippen molar-refractivity contribution in [3.63, 3.8) is 0 Å². The van der Waals surface area contributed by atoms with Crippen molar-refractivity contribution < 1.29 is 9.85 Å². The van der Waals surface area contributed by atoms with E-state index in [1.807, 2.05) is 12.1 Å². The monoisotopic (exact) mass is 376 g/mol. The van der Waals surface area contributed by atoms with Crippen LogP contribution >= 0.6 is 0 Å². The van der Waals surface area contributed by atoms with Crippen LogP contribution in [0.4, 0.5) is 11.4 Å². The van der Waals surface area contributed by atoms with E-state index in [1.165, 1.54) is 24.3 Å². The van der Waals surface area contributed by atoms with E-state index < -0.39 is 9.85 Å². The zero-order valence-corrected chi connectivity index (χ0v) is 15.5. The van der Waals surface area contributed by atoms with Crippen LogP contribution in [0.1, 0.15) is 25.3 Å². The summed E-state index contributed by atoms with van der Waals surface area (Å²) in [5, 5.41) is 21.7. The van der Waals surface area contributed by atoms with Gasteiger partial charge in [-0.25, -0.2) is 0 Å². The molecule has 6 heteroatoms. The lowest BCUT2D eigenvalue weighted by molar-refractivity contribution is -0.385. The maximum absolute atomic E-state index is 10.9. The minimum absolute atomic E-state index is 0.0671. The zero-order chi connectivity index (χ0) is 20.1. The van der Waals surface area contributed by atoms with Gasteiger partial charge in [0.1, 0.15) is 0 Å². The first kappa shape index (κ1) is 19.2. The first-order valence-corrected chi connectivity index (χ1v) is 9.12. The fourth-order valence-corrected chi connectivity index (χ4v) is 3.17. The van der Waals surface area contributed by atoms with Gasteiger partial charge in [-0.05, 0) is 64.9 Å². The molecule has 0 spiro atoms. The Morgan fingerprint density at radius 1 is 0.714 bits per heavy atom. The standard InChI is InChI=1S/C22H20N2O4/c1-2-3-4-19-15-18(16-5-10-20(11-6-16)23(25)26)9-14-22(19)17-7-12-21(13-8-17)24(27)28/h5-15H,2-4H2,1H3. The van der Waals surface area contributed by atoms with E-state index in [0.717, 1.165) is 47.1 Å². The van der Waals surface area contributed by atoms with E-state index in [2.05, 4.69) is 13.0 Å². The molecule has 0 amide bonds. The number of hydrogen-bond acceptors (Lipinski definition) is 4. The number of nitro benzene ring substituents is 2. The number of aryl methyl sites for hydroxylation is 1. The van der Waals surface area contributed by atoms with Crippen LogP contribution in [0.15, 0.2) is 66.7 Å². The third kappa shape index (κ3) is 4.23. The molecule has 142 valence electrons. The largest absolute Gasteiger partial charge is 0.269 e. The Labute approximate surface area is 162 Å². The van der Waals surface area contributed by atoms with Gasteiger partial charge in [0.05, 0.1) is 9.85 Å². The highest BCUT2D eigenvalue weighted by molar-refractivity contribution is 5.74. The Balaban J connectivity index is 1.99. The van der Waals surface area contributed by atoms with Crippen LogP contribution in [0, 0.1) is 20.2 Å². The molecule has 0 aliphatic heterocycles. The van der Waals surface area contributed by atoms with Gasteiger partial charge < -0.3 is 0 Å². The van der Waals surface area contributed by atoms with Crippen LogP contribution in [0.3, 0.4) is 0 Å². The third-order valence-electron chi connectivity index (χ3n) is 4.71. The predicted octanol–water partition coefficient (Wildman–Crippen LogP) is 6.18. The summed E-state index contributed by atoms with van der Waals surface area (Å²) >= 11 is 0. The number of nitrogens with zero attached hydrogens (tertiary/aromatic N) is 2. The van der Waals surface area contributed by atoms with Crippen molar-refractivity contribution in [3.8, 4) is 22.3 Å². The average molecular weight is 376 g/mol. The minimum atomic E-state index is -0.409. The molecule has 0 bridgehead atoms. The van der Waals surface area contributed by atoms with Gasteiger partial charge in [-0.15, -0.1) is 0 Å². The van der Waals surface area contributed by atoms with Crippen LogP contribution in [0.25, 0.3) is 22.3 Å². The molecule has 0 unspecified atom stereocenters. The average Bonchev–Trinajstić information content (AvgIpc) is 2.72. The van der Waals surface area contributed by atoms with E-state index in [0.29, 0.717) is 0 Å². The Bertz CT molecular complexity index is 996. The summed E-state index contributed by atoms with van der Waals surface area (Å²) < 4.78 is 0. The van der Waals surface area contributed by atoms with E-state index in [9.17, 15) is 20.2 Å². The van der Waals surface area contributed by atoms with Gasteiger partial charge >= 0.3 is 0 Å². The highest BCUT2D eigenvalue weighted by Crippen LogP contribution is 2.31. The molecule has 0 fully saturated rings. The summed E-state index contributed by atoms with van der Waals surface area (Å²) in [6, 6.07) is 19.2. The fraction of sp³-hybridized carbons (Fsp3) is 0.182. The first-order chi connectivity index (χ1) is 13.5. The van der Waals surface area contributed by atoms with Crippen molar-refractivity contribution in [2.24, 2.45) is 0 Å². The maximum Gasteiger partial charge on any atom is 0.269 e. The Kier molecular flexibility index (Phi) is 5.79. The summed E-state index contributed by atoms with van der Waals surface area (Å²) in [7, 11) is 0. The summed E-state index contributed by atoms with van der Waals surface area (Å²) in [5.74, 6) is 0. The van der Waals surface area contributed by atoms with E-state index in [-0.39, 0.29) is 11.4 Å². The number of non-ortho nitro benzene ring substituents is 2. The molecule has 0 heterocycles. The van der Waals surface area contributed by atoms with Crippen molar-refractivity contribution in [1.29, 1.82) is 0 Å². The van der Waals surface area contributed by atoms with Crippen molar-refractivity contribution in [3.05, 3.63) is 92.5 Å². The molecule has 0 aliphatic carbocycles. The second kappa shape index (κ2) is 8.43. The number of benzene rings is 3. The van der Waals surface area contributed by atoms with Crippen LogP contribution in [0.5, 0.6) is 0 Å². The molecule has 0 saturated carbocycles. The van der Waals surface area contributed by atoms with Gasteiger partial charge in [0, 0.05) is 24.3 Å². The lowest BCUT2D eigenvalue weighted by Gasteiger charge is -2.12. The Morgan fingerprint density at radius 2 is 1.21 bits per heavy atom. The molecule has 6 nitrogen and oxygen atoms in total. The molecule has 28 heavy (non-hydrogen) atoms. The maximum atomic E-state index is 10.9. The topological polar surface area (TPSA) is 86.3 Å². The zero-order valence-electron chi connectivity index (χ0n) is 15.5. The van der Waals surface area contributed by atoms with E-state index in [4.69, 9.17) is 0 Å². The van der Waals surface area contributed by atoms with Crippen LogP contribution in [-0.4, -0.2) is 9.85 Å². The van der Waals surface area contributed by atoms with Crippen LogP contribution in [0.2, 0.25) is 0 Å². The van der Waals surface area contributed by atoms with Gasteiger partial charge in [0.15, 0.2) is 0 Å². The van der Waals surface area contributed by atoms with Gasteiger partial charge in [0.2, 0.25) is 0 Å². The molecule has 0 radical (unpaired) electrons. The normalized spacial score (nSPS) is 10.6. The van der Waals surface area contributed by atoms with Crippen molar-refractivity contribution in [2.75, 3.05) is 0 Å². The molecule has 0 saturated heterocycles. The number of unbranched alkanes of at least 4 members (excludes halogenated alkanes) is 1. The quantitative estimate of drug-likeness (QED) is 0.364. The molecule has 3 aromatic carbocycles. The minimum Gasteiger partial charge on any atom is -0.258 e. The number of rotatable bonds is 7. The Morgan fingerprint density at radius 3 is 1.71 bits per heavy atom. The summed E-state index contributed by atoms with van der Waals surface area (Å²) in [6.07, 6.45) is 2.98. The molecule has 3 rings (SSSR count). The number of nitro groups is 2. The van der Waals surface area contributed by atoms with Gasteiger partial charge in [-0.1, -0.05) is 31.5 Å². The van der Waals surface area contributed by atoms with Crippen molar-refractivity contribution in [1.82, 2.24) is 0 Å². The van der Waals surface area contributed by atoms with Crippen LogP contribution in [-0.2, 0) is 6.42 Å². The smallest absolute Gasteiger partial charge is 0.258 e. The second-order valence-electron chi connectivity index (χ2n) is 6.58. The SMILES string of the molecule is CCCCc1cc(-c2ccc([N+](=O)[O-])cc2)ccc1-c1ccc([N+](=O)[O-])cc1. The second-order valence-corrected chi connectivity index (χ2v) is 6.58. The third-order valence-corrected chi connectivity index (χ3v) is 4.71. The van der Waals surface area contributed by atoms with Crippen molar-refractivity contribution >= 4 is 11.4 Å². The molecule has 0 aromatic heterocycles. The Hall–Kier alpha value is -3.54. The lowest BCUT2D eigenvalue weighted by atomic mass is 9.92. The highest BCUT2D eigenvalue weighted by Gasteiger charge is 2.11.